The summed E-state index contributed by atoms with van der Waals surface area (Å²) in [7, 11) is 0. The maximum atomic E-state index is 13.4. The lowest BCUT2D eigenvalue weighted by atomic mass is 10.2. The van der Waals surface area contributed by atoms with Crippen LogP contribution in [0.15, 0.2) is 39.3 Å². The molecule has 2 aromatic rings. The minimum atomic E-state index is -1.63. The first-order chi connectivity index (χ1) is 9.38. The molecule has 0 bridgehead atoms. The Morgan fingerprint density at radius 3 is 2.15 bits per heavy atom. The molecule has 0 spiro atoms. The molecule has 0 atom stereocenters. The van der Waals surface area contributed by atoms with Gasteiger partial charge >= 0.3 is 0 Å². The molecular weight excluding hydrogens is 403 g/mol. The van der Waals surface area contributed by atoms with E-state index in [-0.39, 0.29) is 5.56 Å². The summed E-state index contributed by atoms with van der Waals surface area (Å²) in [5.41, 5.74) is -0.194. The van der Waals surface area contributed by atoms with Gasteiger partial charge < -0.3 is 5.32 Å². The van der Waals surface area contributed by atoms with Gasteiger partial charge in [0.2, 0.25) is 0 Å². The van der Waals surface area contributed by atoms with Gasteiger partial charge in [-0.3, -0.25) is 4.79 Å². The Morgan fingerprint density at radius 1 is 0.950 bits per heavy atom. The first-order valence-electron chi connectivity index (χ1n) is 5.29. The van der Waals surface area contributed by atoms with Crippen LogP contribution in [0.5, 0.6) is 0 Å². The highest BCUT2D eigenvalue weighted by Gasteiger charge is 2.16. The van der Waals surface area contributed by atoms with E-state index in [4.69, 9.17) is 0 Å². The van der Waals surface area contributed by atoms with Crippen LogP contribution in [0.3, 0.4) is 0 Å². The molecule has 0 unspecified atom stereocenters. The van der Waals surface area contributed by atoms with Crippen molar-refractivity contribution < 1.29 is 18.0 Å². The molecule has 2 aromatic carbocycles. The number of carbonyl (C=O) groups is 1. The maximum Gasteiger partial charge on any atom is 0.255 e. The lowest BCUT2D eigenvalue weighted by Crippen LogP contribution is -2.14. The third kappa shape index (κ3) is 3.21. The zero-order chi connectivity index (χ0) is 14.9. The fraction of sp³-hybridized carbons (Fsp3) is 0. The zero-order valence-corrected chi connectivity index (χ0v) is 12.9. The number of benzene rings is 2. The van der Waals surface area contributed by atoms with Crippen molar-refractivity contribution in [3.63, 3.8) is 0 Å². The summed E-state index contributed by atoms with van der Waals surface area (Å²) in [6.45, 7) is 0. The highest BCUT2D eigenvalue weighted by Crippen LogP contribution is 2.23. The van der Waals surface area contributed by atoms with Gasteiger partial charge in [0.15, 0.2) is 17.5 Å². The molecule has 7 heteroatoms. The van der Waals surface area contributed by atoms with E-state index in [0.29, 0.717) is 8.95 Å². The first-order valence-corrected chi connectivity index (χ1v) is 6.88. The van der Waals surface area contributed by atoms with E-state index in [2.05, 4.69) is 37.2 Å². The van der Waals surface area contributed by atoms with E-state index in [1.807, 2.05) is 0 Å². The maximum absolute atomic E-state index is 13.4. The van der Waals surface area contributed by atoms with Crippen LogP contribution in [0.2, 0.25) is 0 Å². The van der Waals surface area contributed by atoms with Gasteiger partial charge in [-0.05, 0) is 30.3 Å². The Bertz CT molecular complexity index is 671. The summed E-state index contributed by atoms with van der Waals surface area (Å²) in [4.78, 5) is 11.9. The summed E-state index contributed by atoms with van der Waals surface area (Å²) in [6.07, 6.45) is 0. The van der Waals surface area contributed by atoms with E-state index >= 15 is 0 Å². The molecule has 20 heavy (non-hydrogen) atoms. The first kappa shape index (κ1) is 15.1. The predicted octanol–water partition coefficient (Wildman–Crippen LogP) is 4.88. The van der Waals surface area contributed by atoms with E-state index in [9.17, 15) is 18.0 Å². The van der Waals surface area contributed by atoms with Gasteiger partial charge in [0.05, 0.1) is 5.69 Å². The van der Waals surface area contributed by atoms with Crippen LogP contribution in [-0.2, 0) is 0 Å². The van der Waals surface area contributed by atoms with Crippen LogP contribution in [0, 0.1) is 17.5 Å². The van der Waals surface area contributed by atoms with Gasteiger partial charge in [0.25, 0.3) is 5.91 Å². The van der Waals surface area contributed by atoms with Crippen molar-refractivity contribution in [3.05, 3.63) is 62.3 Å². The lowest BCUT2D eigenvalue weighted by molar-refractivity contribution is 0.102. The largest absolute Gasteiger partial charge is 0.319 e. The molecule has 0 aliphatic carbocycles. The van der Waals surface area contributed by atoms with Gasteiger partial charge in [-0.2, -0.15) is 0 Å². The third-order valence-electron chi connectivity index (χ3n) is 2.41. The van der Waals surface area contributed by atoms with E-state index < -0.39 is 29.0 Å². The normalized spacial score (nSPS) is 10.4. The summed E-state index contributed by atoms with van der Waals surface area (Å²) in [5, 5.41) is 2.19. The number of anilines is 1. The molecule has 2 rings (SSSR count). The Kier molecular flexibility index (Phi) is 4.49. The van der Waals surface area contributed by atoms with Crippen molar-refractivity contribution in [2.24, 2.45) is 0 Å². The molecule has 1 N–H and O–H groups in total. The number of rotatable bonds is 2. The molecule has 2 nitrogen and oxygen atoms in total. The highest BCUT2D eigenvalue weighted by atomic mass is 79.9. The van der Waals surface area contributed by atoms with E-state index in [0.717, 1.165) is 12.1 Å². The van der Waals surface area contributed by atoms with Crippen molar-refractivity contribution in [1.29, 1.82) is 0 Å². The summed E-state index contributed by atoms with van der Waals surface area (Å²) >= 11 is 6.42. The zero-order valence-electron chi connectivity index (χ0n) is 9.68. The standard InChI is InChI=1S/C13H6Br2F3NO/c14-7-3-6(4-8(15)5-7)13(20)19-10-2-1-9(16)11(17)12(10)18/h1-5H,(H,19,20). The number of hydrogen-bond donors (Lipinski definition) is 1. The highest BCUT2D eigenvalue weighted by molar-refractivity contribution is 9.11. The van der Waals surface area contributed by atoms with Gasteiger partial charge in [-0.25, -0.2) is 13.2 Å². The van der Waals surface area contributed by atoms with Crippen LogP contribution in [0.25, 0.3) is 0 Å². The van der Waals surface area contributed by atoms with Crippen LogP contribution >= 0.6 is 31.9 Å². The minimum Gasteiger partial charge on any atom is -0.319 e. The predicted molar refractivity (Wildman–Crippen MR) is 76.1 cm³/mol. The number of hydrogen-bond acceptors (Lipinski definition) is 1. The Balaban J connectivity index is 2.30. The number of nitrogens with one attached hydrogen (secondary N) is 1. The quantitative estimate of drug-likeness (QED) is 0.705. The number of carbonyl (C=O) groups excluding carboxylic acids is 1. The molecule has 0 radical (unpaired) electrons. The van der Waals surface area contributed by atoms with Crippen LogP contribution in [0.1, 0.15) is 10.4 Å². The second kappa shape index (κ2) is 5.97. The fourth-order valence-electron chi connectivity index (χ4n) is 1.50. The van der Waals surface area contributed by atoms with Crippen LogP contribution in [0.4, 0.5) is 18.9 Å². The molecular formula is C13H6Br2F3NO. The van der Waals surface area contributed by atoms with E-state index in [1.165, 1.54) is 12.1 Å². The van der Waals surface area contributed by atoms with Crippen molar-refractivity contribution in [2.45, 2.75) is 0 Å². The number of amides is 1. The SMILES string of the molecule is O=C(Nc1ccc(F)c(F)c1F)c1cc(Br)cc(Br)c1. The Morgan fingerprint density at radius 2 is 1.55 bits per heavy atom. The van der Waals surface area contributed by atoms with Gasteiger partial charge in [0.1, 0.15) is 0 Å². The van der Waals surface area contributed by atoms with Crippen LogP contribution < -0.4 is 5.32 Å². The molecule has 1 amide bonds. The van der Waals surface area contributed by atoms with Crippen molar-refractivity contribution >= 4 is 43.5 Å². The third-order valence-corrected chi connectivity index (χ3v) is 3.32. The molecule has 0 saturated heterocycles. The fourth-order valence-corrected chi connectivity index (χ4v) is 2.80. The summed E-state index contributed by atoms with van der Waals surface area (Å²) in [5.74, 6) is -5.02. The molecule has 0 fully saturated rings. The smallest absolute Gasteiger partial charge is 0.255 e. The van der Waals surface area contributed by atoms with Crippen molar-refractivity contribution in [3.8, 4) is 0 Å². The molecule has 0 heterocycles. The second-order valence-electron chi connectivity index (χ2n) is 3.84. The monoisotopic (exact) mass is 407 g/mol. The average molecular weight is 409 g/mol. The number of halogens is 5. The van der Waals surface area contributed by atoms with Gasteiger partial charge in [-0.15, -0.1) is 0 Å². The van der Waals surface area contributed by atoms with Gasteiger partial charge in [-0.1, -0.05) is 31.9 Å². The Labute approximate surface area is 129 Å². The minimum absolute atomic E-state index is 0.232. The molecule has 0 aliphatic rings. The van der Waals surface area contributed by atoms with Gasteiger partial charge in [0, 0.05) is 14.5 Å². The van der Waals surface area contributed by atoms with Crippen molar-refractivity contribution in [1.82, 2.24) is 0 Å². The lowest BCUT2D eigenvalue weighted by Gasteiger charge is -2.08. The molecule has 104 valence electrons. The second-order valence-corrected chi connectivity index (χ2v) is 5.67. The van der Waals surface area contributed by atoms with E-state index in [1.54, 1.807) is 6.07 Å². The summed E-state index contributed by atoms with van der Waals surface area (Å²) in [6, 6.07) is 6.44. The average Bonchev–Trinajstić information content (AvgIpc) is 2.38. The topological polar surface area (TPSA) is 29.1 Å². The summed E-state index contributed by atoms with van der Waals surface area (Å²) < 4.78 is 40.6. The molecule has 0 aliphatic heterocycles. The van der Waals surface area contributed by atoms with Crippen LogP contribution in [-0.4, -0.2) is 5.91 Å². The Hall–Kier alpha value is -1.34. The van der Waals surface area contributed by atoms with Crippen molar-refractivity contribution in [2.75, 3.05) is 5.32 Å². The molecule has 0 saturated carbocycles. The molecule has 0 aromatic heterocycles.